The summed E-state index contributed by atoms with van der Waals surface area (Å²) >= 11 is 2.74. The first kappa shape index (κ1) is 27.1. The minimum Gasteiger partial charge on any atom is -0.493 e. The molecular formula is C30H25N3O5S2. The van der Waals surface area contributed by atoms with Crippen molar-refractivity contribution < 1.29 is 19.0 Å². The average molecular weight is 572 g/mol. The first-order chi connectivity index (χ1) is 19.4. The highest BCUT2D eigenvalue weighted by Crippen LogP contribution is 2.33. The highest BCUT2D eigenvalue weighted by Gasteiger charge is 2.33. The van der Waals surface area contributed by atoms with Gasteiger partial charge in [0.2, 0.25) is 0 Å². The number of thiazole rings is 1. The average Bonchev–Trinajstić information content (AvgIpc) is 3.60. The number of rotatable bonds is 8. The van der Waals surface area contributed by atoms with Crippen LogP contribution in [0.25, 0.3) is 6.08 Å². The third-order valence-corrected chi connectivity index (χ3v) is 8.20. The van der Waals surface area contributed by atoms with Gasteiger partial charge in [0.05, 0.1) is 41.2 Å². The Balaban J connectivity index is 1.49. The molecule has 1 atom stereocenters. The van der Waals surface area contributed by atoms with Crippen molar-refractivity contribution in [2.75, 3.05) is 13.7 Å². The van der Waals surface area contributed by atoms with Gasteiger partial charge in [-0.3, -0.25) is 9.36 Å². The molecule has 1 aliphatic heterocycles. The maximum absolute atomic E-state index is 13.7. The number of hydrogen-bond donors (Lipinski definition) is 0. The van der Waals surface area contributed by atoms with Crippen LogP contribution in [0, 0.1) is 11.3 Å². The van der Waals surface area contributed by atoms with Crippen LogP contribution in [0.2, 0.25) is 0 Å². The van der Waals surface area contributed by atoms with Gasteiger partial charge in [0.15, 0.2) is 16.3 Å². The summed E-state index contributed by atoms with van der Waals surface area (Å²) in [5.74, 6) is 0.600. The molecule has 0 saturated carbocycles. The van der Waals surface area contributed by atoms with Gasteiger partial charge < -0.3 is 14.2 Å². The summed E-state index contributed by atoms with van der Waals surface area (Å²) in [5, 5.41) is 10.9. The molecule has 8 nitrogen and oxygen atoms in total. The molecule has 0 amide bonds. The van der Waals surface area contributed by atoms with Crippen LogP contribution in [0.15, 0.2) is 81.0 Å². The first-order valence-corrected chi connectivity index (χ1v) is 14.2. The Labute approximate surface area is 238 Å². The van der Waals surface area contributed by atoms with Gasteiger partial charge in [-0.25, -0.2) is 9.79 Å². The van der Waals surface area contributed by atoms with Crippen LogP contribution in [0.4, 0.5) is 0 Å². The van der Waals surface area contributed by atoms with Gasteiger partial charge in [-0.1, -0.05) is 35.6 Å². The van der Waals surface area contributed by atoms with E-state index in [2.05, 4.69) is 11.1 Å². The first-order valence-electron chi connectivity index (χ1n) is 12.5. The number of methoxy groups -OCH3 is 1. The monoisotopic (exact) mass is 571 g/mol. The Morgan fingerprint density at radius 1 is 1.18 bits per heavy atom. The fraction of sp³-hybridized carbons (Fsp3) is 0.200. The van der Waals surface area contributed by atoms with Crippen molar-refractivity contribution in [3.63, 3.8) is 0 Å². The number of esters is 1. The number of nitrogens with zero attached hydrogens (tertiary/aromatic N) is 3. The van der Waals surface area contributed by atoms with E-state index in [1.807, 2.05) is 35.7 Å². The molecule has 0 unspecified atom stereocenters. The highest BCUT2D eigenvalue weighted by molar-refractivity contribution is 7.10. The van der Waals surface area contributed by atoms with Gasteiger partial charge >= 0.3 is 5.97 Å². The Morgan fingerprint density at radius 2 is 1.98 bits per heavy atom. The number of hydrogen-bond acceptors (Lipinski definition) is 9. The van der Waals surface area contributed by atoms with E-state index in [9.17, 15) is 9.59 Å². The summed E-state index contributed by atoms with van der Waals surface area (Å²) in [5.41, 5.74) is 2.93. The van der Waals surface area contributed by atoms with Crippen molar-refractivity contribution in [1.29, 1.82) is 5.26 Å². The molecule has 40 heavy (non-hydrogen) atoms. The molecule has 10 heteroatoms. The molecular weight excluding hydrogens is 546 g/mol. The molecule has 0 radical (unpaired) electrons. The van der Waals surface area contributed by atoms with Crippen LogP contribution in [0.5, 0.6) is 11.5 Å². The van der Waals surface area contributed by atoms with Gasteiger partial charge in [0.25, 0.3) is 5.56 Å². The molecule has 0 bridgehead atoms. The number of benzene rings is 2. The number of fused-ring (bicyclic) bond motifs is 1. The van der Waals surface area contributed by atoms with E-state index in [4.69, 9.17) is 19.5 Å². The Kier molecular flexibility index (Phi) is 7.96. The lowest BCUT2D eigenvalue weighted by Crippen LogP contribution is -2.39. The van der Waals surface area contributed by atoms with Crippen LogP contribution in [-0.4, -0.2) is 24.3 Å². The smallest absolute Gasteiger partial charge is 0.338 e. The van der Waals surface area contributed by atoms with Gasteiger partial charge in [0.1, 0.15) is 12.6 Å². The lowest BCUT2D eigenvalue weighted by Gasteiger charge is -2.23. The van der Waals surface area contributed by atoms with E-state index >= 15 is 0 Å². The normalized spacial score (nSPS) is 14.8. The van der Waals surface area contributed by atoms with Gasteiger partial charge in [-0.2, -0.15) is 5.26 Å². The fourth-order valence-electron chi connectivity index (χ4n) is 4.39. The quantitative estimate of drug-likeness (QED) is 0.292. The van der Waals surface area contributed by atoms with Crippen LogP contribution in [0.1, 0.15) is 41.5 Å². The number of ether oxygens (including phenoxy) is 3. The van der Waals surface area contributed by atoms with E-state index in [0.29, 0.717) is 44.3 Å². The molecule has 2 aromatic heterocycles. The zero-order valence-corrected chi connectivity index (χ0v) is 23.7. The van der Waals surface area contributed by atoms with Gasteiger partial charge in [-0.05, 0) is 66.8 Å². The molecule has 1 aliphatic rings. The van der Waals surface area contributed by atoms with Crippen molar-refractivity contribution in [3.8, 4) is 17.6 Å². The topological polar surface area (TPSA) is 103 Å². The number of carbonyl (C=O) groups is 1. The van der Waals surface area contributed by atoms with E-state index in [0.717, 1.165) is 16.0 Å². The molecule has 5 rings (SSSR count). The van der Waals surface area contributed by atoms with Crippen molar-refractivity contribution in [3.05, 3.63) is 113 Å². The fourth-order valence-corrected chi connectivity index (χ4v) is 6.26. The number of allylic oxidation sites excluding steroid dienone is 1. The predicted molar refractivity (Wildman–Crippen MR) is 153 cm³/mol. The van der Waals surface area contributed by atoms with Crippen LogP contribution in [-0.2, 0) is 16.1 Å². The molecule has 0 N–H and O–H groups in total. The number of nitriles is 1. The number of aromatic nitrogens is 1. The summed E-state index contributed by atoms with van der Waals surface area (Å²) in [6, 6.07) is 17.9. The Hall–Kier alpha value is -4.46. The van der Waals surface area contributed by atoms with E-state index in [1.165, 1.54) is 22.7 Å². The zero-order chi connectivity index (χ0) is 28.2. The van der Waals surface area contributed by atoms with Crippen molar-refractivity contribution in [1.82, 2.24) is 4.57 Å². The molecule has 202 valence electrons. The third-order valence-electron chi connectivity index (χ3n) is 6.29. The molecule has 0 spiro atoms. The van der Waals surface area contributed by atoms with Gasteiger partial charge in [0, 0.05) is 4.88 Å². The molecule has 3 heterocycles. The van der Waals surface area contributed by atoms with Crippen molar-refractivity contribution in [2.45, 2.75) is 26.5 Å². The van der Waals surface area contributed by atoms with Crippen molar-refractivity contribution >= 4 is 34.7 Å². The second-order valence-electron chi connectivity index (χ2n) is 8.83. The number of thiophene rings is 1. The Morgan fingerprint density at radius 3 is 2.65 bits per heavy atom. The van der Waals surface area contributed by atoms with E-state index < -0.39 is 12.0 Å². The SMILES string of the molecule is CCOC(=O)C1=C(C)N=c2s/c(=C\c3ccc(OCc4ccc(C#N)cc4)c(OC)c3)c(=O)n2[C@@H]1c1cccs1. The van der Waals surface area contributed by atoms with Crippen molar-refractivity contribution in [2.24, 2.45) is 4.99 Å². The summed E-state index contributed by atoms with van der Waals surface area (Å²) in [4.78, 5) is 32.6. The van der Waals surface area contributed by atoms with E-state index in [-0.39, 0.29) is 12.2 Å². The summed E-state index contributed by atoms with van der Waals surface area (Å²) < 4.78 is 18.9. The molecule has 0 aliphatic carbocycles. The lowest BCUT2D eigenvalue weighted by atomic mass is 10.0. The highest BCUT2D eigenvalue weighted by atomic mass is 32.1. The lowest BCUT2D eigenvalue weighted by molar-refractivity contribution is -0.139. The third kappa shape index (κ3) is 5.34. The minimum absolute atomic E-state index is 0.228. The maximum Gasteiger partial charge on any atom is 0.338 e. The largest absolute Gasteiger partial charge is 0.493 e. The molecule has 2 aromatic carbocycles. The van der Waals surface area contributed by atoms with Crippen LogP contribution in [0.3, 0.4) is 0 Å². The van der Waals surface area contributed by atoms with E-state index in [1.54, 1.807) is 55.9 Å². The second kappa shape index (κ2) is 11.7. The second-order valence-corrected chi connectivity index (χ2v) is 10.8. The zero-order valence-electron chi connectivity index (χ0n) is 22.0. The Bertz CT molecular complexity index is 1810. The van der Waals surface area contributed by atoms with Crippen LogP contribution >= 0.6 is 22.7 Å². The predicted octanol–water partition coefficient (Wildman–Crippen LogP) is 4.32. The van der Waals surface area contributed by atoms with Gasteiger partial charge in [-0.15, -0.1) is 11.3 Å². The minimum atomic E-state index is -0.606. The molecule has 0 fully saturated rings. The number of carbonyl (C=O) groups excluding carboxylic acids is 1. The maximum atomic E-state index is 13.7. The van der Waals surface area contributed by atoms with Crippen LogP contribution < -0.4 is 24.4 Å². The molecule has 4 aromatic rings. The summed E-state index contributed by atoms with van der Waals surface area (Å²) in [6.45, 7) is 4.06. The standard InChI is InChI=1S/C30H25N3O5S2/c1-4-37-29(35)26-18(2)32-30-33(27(26)24-6-5-13-39-24)28(34)25(40-30)15-21-11-12-22(23(14-21)36-3)38-17-20-9-7-19(16-31)8-10-20/h5-15,27H,4,17H2,1-3H3/b25-15-/t27-/m1/s1. The summed E-state index contributed by atoms with van der Waals surface area (Å²) in [7, 11) is 1.56. The summed E-state index contributed by atoms with van der Waals surface area (Å²) in [6.07, 6.45) is 1.78. The molecule has 0 saturated heterocycles.